The molecule has 0 spiro atoms. The first kappa shape index (κ1) is 16.0. The fourth-order valence-electron chi connectivity index (χ4n) is 1.21. The number of sulfonamides is 2. The second-order valence-electron chi connectivity index (χ2n) is 3.69. The molecule has 0 fully saturated rings. The predicted octanol–water partition coefficient (Wildman–Crippen LogP) is -0.0783. The SMILES string of the molecule is NS(=O)(=O)CCCNS(=O)(=O)c1ccc(F)c(F)c1. The Kier molecular flexibility index (Phi) is 4.96. The minimum atomic E-state index is -4.01. The third-order valence-corrected chi connectivity index (χ3v) is 4.42. The van der Waals surface area contributed by atoms with Gasteiger partial charge in [0.1, 0.15) is 0 Å². The zero-order valence-electron chi connectivity index (χ0n) is 9.64. The molecule has 1 rings (SSSR count). The molecular formula is C9H12F2N2O4S2. The molecule has 3 N–H and O–H groups in total. The summed E-state index contributed by atoms with van der Waals surface area (Å²) < 4.78 is 72.1. The highest BCUT2D eigenvalue weighted by Gasteiger charge is 2.16. The third-order valence-electron chi connectivity index (χ3n) is 2.10. The van der Waals surface area contributed by atoms with Crippen molar-refractivity contribution in [3.63, 3.8) is 0 Å². The molecule has 10 heteroatoms. The van der Waals surface area contributed by atoms with Gasteiger partial charge in [0.25, 0.3) is 0 Å². The van der Waals surface area contributed by atoms with E-state index in [0.717, 1.165) is 6.07 Å². The van der Waals surface area contributed by atoms with Crippen LogP contribution in [0.3, 0.4) is 0 Å². The number of primary sulfonamides is 1. The van der Waals surface area contributed by atoms with Crippen LogP contribution in [0.15, 0.2) is 23.1 Å². The Morgan fingerprint density at radius 1 is 1.11 bits per heavy atom. The fraction of sp³-hybridized carbons (Fsp3) is 0.333. The number of rotatable bonds is 6. The number of halogens is 2. The number of hydrogen-bond donors (Lipinski definition) is 2. The predicted molar refractivity (Wildman–Crippen MR) is 64.1 cm³/mol. The summed E-state index contributed by atoms with van der Waals surface area (Å²) >= 11 is 0. The van der Waals surface area contributed by atoms with Gasteiger partial charge >= 0.3 is 0 Å². The van der Waals surface area contributed by atoms with E-state index in [1.165, 1.54) is 0 Å². The molecule has 108 valence electrons. The zero-order valence-corrected chi connectivity index (χ0v) is 11.3. The van der Waals surface area contributed by atoms with Crippen LogP contribution in [0.25, 0.3) is 0 Å². The average Bonchev–Trinajstić information content (AvgIpc) is 2.27. The lowest BCUT2D eigenvalue weighted by atomic mass is 10.3. The summed E-state index contributed by atoms with van der Waals surface area (Å²) in [6.45, 7) is -0.183. The Morgan fingerprint density at radius 2 is 1.74 bits per heavy atom. The van der Waals surface area contributed by atoms with Crippen molar-refractivity contribution in [2.45, 2.75) is 11.3 Å². The first-order valence-corrected chi connectivity index (χ1v) is 8.27. The highest BCUT2D eigenvalue weighted by atomic mass is 32.2. The summed E-state index contributed by atoms with van der Waals surface area (Å²) in [6.07, 6.45) is -0.0261. The standard InChI is InChI=1S/C9H12F2N2O4S2/c10-8-3-2-7(6-9(8)11)19(16,17)13-4-1-5-18(12,14)15/h2-3,6,13H,1,4-5H2,(H2,12,14,15). The van der Waals surface area contributed by atoms with Gasteiger partial charge in [0.15, 0.2) is 11.6 Å². The van der Waals surface area contributed by atoms with Gasteiger partial charge in [0, 0.05) is 6.54 Å². The molecule has 0 aromatic heterocycles. The third kappa shape index (κ3) is 5.19. The highest BCUT2D eigenvalue weighted by Crippen LogP contribution is 2.13. The summed E-state index contributed by atoms with van der Waals surface area (Å²) in [5.41, 5.74) is 0. The molecule has 0 saturated carbocycles. The first-order chi connectivity index (χ1) is 8.62. The van der Waals surface area contributed by atoms with Crippen LogP contribution in [0.1, 0.15) is 6.42 Å². The average molecular weight is 314 g/mol. The van der Waals surface area contributed by atoms with Gasteiger partial charge in [-0.2, -0.15) is 0 Å². The maximum Gasteiger partial charge on any atom is 0.240 e. The molecule has 0 unspecified atom stereocenters. The summed E-state index contributed by atoms with van der Waals surface area (Å²) in [5, 5.41) is 4.74. The van der Waals surface area contributed by atoms with Gasteiger partial charge in [0.2, 0.25) is 20.0 Å². The highest BCUT2D eigenvalue weighted by molar-refractivity contribution is 7.89. The van der Waals surface area contributed by atoms with Gasteiger partial charge < -0.3 is 0 Å². The molecule has 0 aliphatic carbocycles. The molecule has 0 radical (unpaired) electrons. The molecule has 6 nitrogen and oxygen atoms in total. The molecule has 19 heavy (non-hydrogen) atoms. The van der Waals surface area contributed by atoms with Crippen LogP contribution in [0.4, 0.5) is 8.78 Å². The van der Waals surface area contributed by atoms with Crippen LogP contribution >= 0.6 is 0 Å². The molecule has 0 saturated heterocycles. The molecule has 0 amide bonds. The van der Waals surface area contributed by atoms with E-state index in [0.29, 0.717) is 12.1 Å². The lowest BCUT2D eigenvalue weighted by Crippen LogP contribution is -2.27. The molecule has 0 heterocycles. The molecule has 0 aliphatic heterocycles. The van der Waals surface area contributed by atoms with Crippen LogP contribution < -0.4 is 9.86 Å². The van der Waals surface area contributed by atoms with Crippen molar-refractivity contribution in [2.75, 3.05) is 12.3 Å². The van der Waals surface area contributed by atoms with Crippen LogP contribution in [0.5, 0.6) is 0 Å². The van der Waals surface area contributed by atoms with Crippen molar-refractivity contribution in [3.05, 3.63) is 29.8 Å². The van der Waals surface area contributed by atoms with Gasteiger partial charge in [-0.3, -0.25) is 0 Å². The largest absolute Gasteiger partial charge is 0.240 e. The Morgan fingerprint density at radius 3 is 2.26 bits per heavy atom. The van der Waals surface area contributed by atoms with Crippen molar-refractivity contribution in [2.24, 2.45) is 5.14 Å². The van der Waals surface area contributed by atoms with Crippen molar-refractivity contribution < 1.29 is 25.6 Å². The maximum absolute atomic E-state index is 12.9. The molecule has 0 bridgehead atoms. The smallest absolute Gasteiger partial charge is 0.229 e. The van der Waals surface area contributed by atoms with Crippen LogP contribution in [-0.2, 0) is 20.0 Å². The van der Waals surface area contributed by atoms with Gasteiger partial charge in [-0.1, -0.05) is 0 Å². The molecule has 0 atom stereocenters. The lowest BCUT2D eigenvalue weighted by Gasteiger charge is -2.06. The number of benzene rings is 1. The monoisotopic (exact) mass is 314 g/mol. The minimum Gasteiger partial charge on any atom is -0.229 e. The van der Waals surface area contributed by atoms with E-state index >= 15 is 0 Å². The van der Waals surface area contributed by atoms with Crippen molar-refractivity contribution in [1.82, 2.24) is 4.72 Å². The number of hydrogen-bond acceptors (Lipinski definition) is 4. The summed E-state index contributed by atoms with van der Waals surface area (Å²) in [7, 11) is -7.67. The topological polar surface area (TPSA) is 106 Å². The Balaban J connectivity index is 2.68. The second kappa shape index (κ2) is 5.90. The second-order valence-corrected chi connectivity index (χ2v) is 7.20. The van der Waals surface area contributed by atoms with Crippen molar-refractivity contribution >= 4 is 20.0 Å². The zero-order chi connectivity index (χ0) is 14.7. The lowest BCUT2D eigenvalue weighted by molar-refractivity contribution is 0.504. The first-order valence-electron chi connectivity index (χ1n) is 5.07. The minimum absolute atomic E-state index is 0.0261. The fourth-order valence-corrected chi connectivity index (χ4v) is 2.84. The number of nitrogens with two attached hydrogens (primary N) is 1. The van der Waals surface area contributed by atoms with E-state index < -0.39 is 36.6 Å². The summed E-state index contributed by atoms with van der Waals surface area (Å²) in [6, 6.07) is 2.13. The van der Waals surface area contributed by atoms with Crippen molar-refractivity contribution in [3.8, 4) is 0 Å². The number of nitrogens with one attached hydrogen (secondary N) is 1. The molecule has 0 aliphatic rings. The van der Waals surface area contributed by atoms with E-state index in [-0.39, 0.29) is 18.7 Å². The van der Waals surface area contributed by atoms with Crippen LogP contribution in [-0.4, -0.2) is 29.1 Å². The Labute approximate surface area is 109 Å². The van der Waals surface area contributed by atoms with Gasteiger partial charge in [-0.15, -0.1) is 0 Å². The van der Waals surface area contributed by atoms with Crippen LogP contribution in [0, 0.1) is 11.6 Å². The molecule has 1 aromatic rings. The van der Waals surface area contributed by atoms with E-state index in [2.05, 4.69) is 4.72 Å². The van der Waals surface area contributed by atoms with Gasteiger partial charge in [0.05, 0.1) is 10.6 Å². The van der Waals surface area contributed by atoms with E-state index in [1.54, 1.807) is 0 Å². The quantitative estimate of drug-likeness (QED) is 0.716. The Bertz CT molecular complexity index is 659. The van der Waals surface area contributed by atoms with E-state index in [4.69, 9.17) is 5.14 Å². The normalized spacial score (nSPS) is 12.6. The molecular weight excluding hydrogens is 302 g/mol. The van der Waals surface area contributed by atoms with E-state index in [1.807, 2.05) is 0 Å². The van der Waals surface area contributed by atoms with Crippen LogP contribution in [0.2, 0.25) is 0 Å². The van der Waals surface area contributed by atoms with E-state index in [9.17, 15) is 25.6 Å². The van der Waals surface area contributed by atoms with Gasteiger partial charge in [-0.25, -0.2) is 35.5 Å². The maximum atomic E-state index is 12.9. The Hall–Kier alpha value is -1.10. The van der Waals surface area contributed by atoms with Crippen molar-refractivity contribution in [1.29, 1.82) is 0 Å². The van der Waals surface area contributed by atoms with Gasteiger partial charge in [-0.05, 0) is 24.6 Å². The molecule has 1 aromatic carbocycles. The summed E-state index contributed by atoms with van der Waals surface area (Å²) in [4.78, 5) is -0.443. The summed E-state index contributed by atoms with van der Waals surface area (Å²) in [5.74, 6) is -2.83.